The van der Waals surface area contributed by atoms with Gasteiger partial charge in [-0.1, -0.05) is 12.1 Å². The van der Waals surface area contributed by atoms with Gasteiger partial charge in [0, 0.05) is 16.9 Å². The number of rotatable bonds is 3. The molecule has 1 nitrogen and oxygen atoms in total. The molecule has 0 saturated carbocycles. The van der Waals surface area contributed by atoms with Gasteiger partial charge in [-0.25, -0.2) is 8.78 Å². The van der Waals surface area contributed by atoms with Crippen LogP contribution in [-0.4, -0.2) is 18.1 Å². The minimum atomic E-state index is -0.763. The molecule has 1 aromatic carbocycles. The van der Waals surface area contributed by atoms with Crippen LogP contribution in [0.3, 0.4) is 0 Å². The van der Waals surface area contributed by atoms with Gasteiger partial charge in [-0.3, -0.25) is 0 Å². The first-order valence-corrected chi connectivity index (χ1v) is 6.51. The van der Waals surface area contributed by atoms with Crippen LogP contribution in [0.2, 0.25) is 0 Å². The molecule has 0 aliphatic carbocycles. The molecule has 88 valence electrons. The molecule has 2 unspecified atom stereocenters. The molecular formula is C12H15F2NS. The highest BCUT2D eigenvalue weighted by molar-refractivity contribution is 8.00. The Morgan fingerprint density at radius 2 is 2.25 bits per heavy atom. The smallest absolute Gasteiger partial charge is 0.163 e. The molecule has 1 aromatic rings. The Balaban J connectivity index is 2.28. The van der Waals surface area contributed by atoms with E-state index in [1.807, 2.05) is 11.8 Å². The van der Waals surface area contributed by atoms with Gasteiger partial charge in [0.2, 0.25) is 0 Å². The first-order valence-electron chi connectivity index (χ1n) is 5.47. The van der Waals surface area contributed by atoms with E-state index >= 15 is 0 Å². The standard InChI is InChI=1S/C12H15F2NS/c1-15-12(10-6-3-7-16-10)8-4-2-5-9(13)11(8)14/h2,4-5,10,12,15H,3,6-7H2,1H3. The quantitative estimate of drug-likeness (QED) is 0.875. The van der Waals surface area contributed by atoms with E-state index in [0.29, 0.717) is 10.8 Å². The summed E-state index contributed by atoms with van der Waals surface area (Å²) in [6.07, 6.45) is 2.22. The first kappa shape index (κ1) is 11.9. The third kappa shape index (κ3) is 2.23. The van der Waals surface area contributed by atoms with Crippen molar-refractivity contribution < 1.29 is 8.78 Å². The summed E-state index contributed by atoms with van der Waals surface area (Å²) >= 11 is 1.83. The van der Waals surface area contributed by atoms with Crippen LogP contribution in [0.5, 0.6) is 0 Å². The summed E-state index contributed by atoms with van der Waals surface area (Å²) in [5.74, 6) is -0.366. The summed E-state index contributed by atoms with van der Waals surface area (Å²) in [6, 6.07) is 4.30. The Bertz CT molecular complexity index is 364. The third-order valence-electron chi connectivity index (χ3n) is 2.96. The predicted molar refractivity (Wildman–Crippen MR) is 63.6 cm³/mol. The Labute approximate surface area is 98.6 Å². The fourth-order valence-electron chi connectivity index (χ4n) is 2.17. The second-order valence-electron chi connectivity index (χ2n) is 3.96. The van der Waals surface area contributed by atoms with Crippen LogP contribution < -0.4 is 5.32 Å². The fraction of sp³-hybridized carbons (Fsp3) is 0.500. The number of halogens is 2. The largest absolute Gasteiger partial charge is 0.312 e. The van der Waals surface area contributed by atoms with Crippen molar-refractivity contribution in [3.63, 3.8) is 0 Å². The molecule has 0 aromatic heterocycles. The molecule has 4 heteroatoms. The molecule has 1 N–H and O–H groups in total. The summed E-state index contributed by atoms with van der Waals surface area (Å²) in [7, 11) is 1.80. The van der Waals surface area contributed by atoms with Gasteiger partial charge in [-0.05, 0) is 31.7 Å². The molecule has 1 heterocycles. The zero-order valence-corrected chi connectivity index (χ0v) is 9.99. The van der Waals surface area contributed by atoms with Crippen molar-refractivity contribution in [3.8, 4) is 0 Å². The Hall–Kier alpha value is -0.610. The summed E-state index contributed by atoms with van der Waals surface area (Å²) < 4.78 is 26.8. The van der Waals surface area contributed by atoms with E-state index in [1.165, 1.54) is 0 Å². The van der Waals surface area contributed by atoms with Gasteiger partial charge in [0.25, 0.3) is 0 Å². The van der Waals surface area contributed by atoms with Crippen molar-refractivity contribution >= 4 is 11.8 Å². The molecule has 1 fully saturated rings. The van der Waals surface area contributed by atoms with E-state index in [-0.39, 0.29) is 6.04 Å². The predicted octanol–water partition coefficient (Wildman–Crippen LogP) is 3.12. The highest BCUT2D eigenvalue weighted by atomic mass is 32.2. The normalized spacial score (nSPS) is 22.3. The van der Waals surface area contributed by atoms with Crippen LogP contribution >= 0.6 is 11.8 Å². The van der Waals surface area contributed by atoms with Crippen LogP contribution in [-0.2, 0) is 0 Å². The van der Waals surface area contributed by atoms with Crippen molar-refractivity contribution in [1.29, 1.82) is 0 Å². The van der Waals surface area contributed by atoms with Crippen molar-refractivity contribution in [2.75, 3.05) is 12.8 Å². The lowest BCUT2D eigenvalue weighted by atomic mass is 10.0. The van der Waals surface area contributed by atoms with Crippen LogP contribution in [0.15, 0.2) is 18.2 Å². The minimum Gasteiger partial charge on any atom is -0.312 e. The average Bonchev–Trinajstić information content (AvgIpc) is 2.79. The summed E-state index contributed by atoms with van der Waals surface area (Å²) in [5, 5.41) is 3.45. The lowest BCUT2D eigenvalue weighted by molar-refractivity contribution is 0.465. The molecule has 0 spiro atoms. The van der Waals surface area contributed by atoms with Crippen molar-refractivity contribution in [3.05, 3.63) is 35.4 Å². The number of benzene rings is 1. The Morgan fingerprint density at radius 1 is 1.44 bits per heavy atom. The van der Waals surface area contributed by atoms with Crippen LogP contribution in [0.1, 0.15) is 24.4 Å². The monoisotopic (exact) mass is 243 g/mol. The van der Waals surface area contributed by atoms with Gasteiger partial charge in [0.15, 0.2) is 11.6 Å². The average molecular weight is 243 g/mol. The maximum atomic E-state index is 13.7. The molecule has 0 radical (unpaired) electrons. The number of nitrogens with one attached hydrogen (secondary N) is 1. The van der Waals surface area contributed by atoms with Crippen molar-refractivity contribution in [2.45, 2.75) is 24.1 Å². The van der Waals surface area contributed by atoms with E-state index in [4.69, 9.17) is 0 Å². The fourth-order valence-corrected chi connectivity index (χ4v) is 3.61. The number of hydrogen-bond donors (Lipinski definition) is 1. The van der Waals surface area contributed by atoms with Crippen LogP contribution in [0, 0.1) is 11.6 Å². The van der Waals surface area contributed by atoms with E-state index in [0.717, 1.165) is 24.7 Å². The topological polar surface area (TPSA) is 12.0 Å². The minimum absolute atomic E-state index is 0.0943. The molecule has 1 aliphatic rings. The third-order valence-corrected chi connectivity index (χ3v) is 4.42. The molecule has 0 bridgehead atoms. The summed E-state index contributed by atoms with van der Waals surface area (Å²) in [5.41, 5.74) is 0.446. The van der Waals surface area contributed by atoms with E-state index in [9.17, 15) is 8.78 Å². The van der Waals surface area contributed by atoms with Gasteiger partial charge in [0.1, 0.15) is 0 Å². The summed E-state index contributed by atoms with van der Waals surface area (Å²) in [4.78, 5) is 0. The van der Waals surface area contributed by atoms with Gasteiger partial charge >= 0.3 is 0 Å². The molecular weight excluding hydrogens is 228 g/mol. The molecule has 1 aliphatic heterocycles. The number of hydrogen-bond acceptors (Lipinski definition) is 2. The molecule has 2 atom stereocenters. The maximum Gasteiger partial charge on any atom is 0.163 e. The lowest BCUT2D eigenvalue weighted by Crippen LogP contribution is -2.27. The van der Waals surface area contributed by atoms with Gasteiger partial charge < -0.3 is 5.32 Å². The first-order chi connectivity index (χ1) is 7.74. The van der Waals surface area contributed by atoms with Crippen LogP contribution in [0.4, 0.5) is 8.78 Å². The van der Waals surface area contributed by atoms with Gasteiger partial charge in [-0.2, -0.15) is 11.8 Å². The zero-order valence-electron chi connectivity index (χ0n) is 9.17. The van der Waals surface area contributed by atoms with Crippen LogP contribution in [0.25, 0.3) is 0 Å². The highest BCUT2D eigenvalue weighted by Crippen LogP contribution is 2.36. The highest BCUT2D eigenvalue weighted by Gasteiger charge is 2.28. The van der Waals surface area contributed by atoms with E-state index in [1.54, 1.807) is 19.2 Å². The van der Waals surface area contributed by atoms with Crippen molar-refractivity contribution in [1.82, 2.24) is 5.32 Å². The molecule has 1 saturated heterocycles. The zero-order chi connectivity index (χ0) is 11.5. The number of thioether (sulfide) groups is 1. The van der Waals surface area contributed by atoms with E-state index in [2.05, 4.69) is 5.32 Å². The van der Waals surface area contributed by atoms with Gasteiger partial charge in [-0.15, -0.1) is 0 Å². The van der Waals surface area contributed by atoms with E-state index < -0.39 is 11.6 Å². The Kier molecular flexibility index (Phi) is 3.82. The second kappa shape index (κ2) is 5.15. The molecule has 0 amide bonds. The lowest BCUT2D eigenvalue weighted by Gasteiger charge is -2.23. The van der Waals surface area contributed by atoms with Gasteiger partial charge in [0.05, 0.1) is 0 Å². The maximum absolute atomic E-state index is 13.7. The SMILES string of the molecule is CNC(c1cccc(F)c1F)C1CCCS1. The summed E-state index contributed by atoms with van der Waals surface area (Å²) in [6.45, 7) is 0. The van der Waals surface area contributed by atoms with Crippen molar-refractivity contribution in [2.24, 2.45) is 0 Å². The Morgan fingerprint density at radius 3 is 2.88 bits per heavy atom. The molecule has 2 rings (SSSR count). The second-order valence-corrected chi connectivity index (χ2v) is 5.31. The molecule has 16 heavy (non-hydrogen) atoms.